The molecule has 1 amide bonds. The number of carbonyl (C=O) groups is 2. The van der Waals surface area contributed by atoms with Crippen molar-refractivity contribution in [3.05, 3.63) is 0 Å². The van der Waals surface area contributed by atoms with Crippen LogP contribution in [0, 0.1) is 5.92 Å². The Labute approximate surface area is 88.9 Å². The lowest BCUT2D eigenvalue weighted by Gasteiger charge is -2.20. The molecule has 0 aliphatic rings. The third-order valence-corrected chi connectivity index (χ3v) is 1.73. The number of nitrogens with one attached hydrogen (secondary N) is 1. The average molecular weight is 222 g/mol. The van der Waals surface area contributed by atoms with E-state index >= 15 is 0 Å². The Kier molecular flexibility index (Phi) is 5.08. The van der Waals surface area contributed by atoms with Crippen molar-refractivity contribution >= 4 is 23.3 Å². The quantitative estimate of drug-likeness (QED) is 0.442. The van der Waals surface area contributed by atoms with E-state index < -0.39 is 17.4 Å². The molecule has 0 spiro atoms. The molecule has 0 rings (SSSR count). The van der Waals surface area contributed by atoms with Gasteiger partial charge in [0.1, 0.15) is 0 Å². The lowest BCUT2D eigenvalue weighted by molar-refractivity contribution is -0.151. The lowest BCUT2D eigenvalue weighted by Crippen LogP contribution is -2.39. The van der Waals surface area contributed by atoms with Gasteiger partial charge in [0.25, 0.3) is 5.91 Å². The molecule has 5 heteroatoms. The van der Waals surface area contributed by atoms with E-state index in [9.17, 15) is 9.59 Å². The van der Waals surface area contributed by atoms with Crippen LogP contribution in [-0.4, -0.2) is 23.2 Å². The van der Waals surface area contributed by atoms with Crippen molar-refractivity contribution in [3.63, 3.8) is 0 Å². The number of carbonyl (C=O) groups excluding carboxylic acids is 2. The van der Waals surface area contributed by atoms with E-state index in [1.807, 2.05) is 0 Å². The summed E-state index contributed by atoms with van der Waals surface area (Å²) in [5.41, 5.74) is 1.75. The Morgan fingerprint density at radius 3 is 2.29 bits per heavy atom. The summed E-state index contributed by atoms with van der Waals surface area (Å²) >= 11 is 5.31. The third-order valence-electron chi connectivity index (χ3n) is 1.47. The molecule has 0 radical (unpaired) electrons. The fraction of sp³-hybridized carbons (Fsp3) is 0.778. The van der Waals surface area contributed by atoms with Crippen LogP contribution in [0.4, 0.5) is 0 Å². The maximum Gasteiger partial charge on any atom is 0.253 e. The number of alkyl halides is 1. The Hall–Kier alpha value is -0.610. The molecule has 0 bridgehead atoms. The van der Waals surface area contributed by atoms with Gasteiger partial charge in [-0.2, -0.15) is 0 Å². The molecule has 0 aliphatic heterocycles. The predicted molar refractivity (Wildman–Crippen MR) is 53.9 cm³/mol. The number of rotatable bonds is 4. The van der Waals surface area contributed by atoms with E-state index in [-0.39, 0.29) is 11.7 Å². The largest absolute Gasteiger partial charge is 0.297 e. The summed E-state index contributed by atoms with van der Waals surface area (Å²) in [6.45, 7) is 6.87. The fourth-order valence-electron chi connectivity index (χ4n) is 0.554. The summed E-state index contributed by atoms with van der Waals surface area (Å²) in [6.07, 6.45) is 0. The maximum atomic E-state index is 11.3. The second-order valence-electron chi connectivity index (χ2n) is 4.00. The summed E-state index contributed by atoms with van der Waals surface area (Å²) in [5.74, 6) is -1.72. The van der Waals surface area contributed by atoms with Gasteiger partial charge in [-0.3, -0.25) is 14.4 Å². The highest BCUT2D eigenvalue weighted by atomic mass is 35.5. The first-order chi connectivity index (χ1) is 6.28. The van der Waals surface area contributed by atoms with Crippen LogP contribution in [0.1, 0.15) is 27.7 Å². The summed E-state index contributed by atoms with van der Waals surface area (Å²) in [5, 5.41) is 0. The molecule has 0 aromatic rings. The molecule has 0 unspecified atom stereocenters. The molecule has 0 saturated heterocycles. The second-order valence-corrected chi connectivity index (χ2v) is 4.27. The van der Waals surface area contributed by atoms with Gasteiger partial charge in [0, 0.05) is 0 Å². The number of Topliss-reactive ketones (excluding diaryl/α,β-unsaturated/α-hetero) is 1. The molecule has 0 aliphatic carbocycles. The van der Waals surface area contributed by atoms with Crippen molar-refractivity contribution in [3.8, 4) is 0 Å². The number of hydrogen-bond donors (Lipinski definition) is 1. The van der Waals surface area contributed by atoms with E-state index in [1.165, 1.54) is 6.92 Å². The van der Waals surface area contributed by atoms with Gasteiger partial charge in [0.2, 0.25) is 0 Å². The Bertz CT molecular complexity index is 223. The first-order valence-electron chi connectivity index (χ1n) is 4.34. The molecule has 0 fully saturated rings. The van der Waals surface area contributed by atoms with Crippen LogP contribution in [0.15, 0.2) is 0 Å². The van der Waals surface area contributed by atoms with Gasteiger partial charge in [-0.25, -0.2) is 5.48 Å². The van der Waals surface area contributed by atoms with Crippen molar-refractivity contribution in [2.45, 2.75) is 33.3 Å². The SMILES string of the molecule is C[C@@H](C(=O)CCl)C(=O)NOC(C)(C)C. The average Bonchev–Trinajstić information content (AvgIpc) is 2.10. The monoisotopic (exact) mass is 221 g/mol. The van der Waals surface area contributed by atoms with Crippen molar-refractivity contribution in [1.82, 2.24) is 5.48 Å². The Balaban J connectivity index is 4.03. The molecule has 4 nitrogen and oxygen atoms in total. The lowest BCUT2D eigenvalue weighted by atomic mass is 10.1. The van der Waals surface area contributed by atoms with Crippen molar-refractivity contribution in [2.75, 3.05) is 5.88 Å². The first-order valence-corrected chi connectivity index (χ1v) is 4.88. The summed E-state index contributed by atoms with van der Waals surface area (Å²) < 4.78 is 0. The van der Waals surface area contributed by atoms with E-state index in [0.29, 0.717) is 0 Å². The normalized spacial score (nSPS) is 13.5. The van der Waals surface area contributed by atoms with Crippen LogP contribution >= 0.6 is 11.6 Å². The highest BCUT2D eigenvalue weighted by Gasteiger charge is 2.22. The van der Waals surface area contributed by atoms with Gasteiger partial charge in [0.05, 0.1) is 17.4 Å². The topological polar surface area (TPSA) is 55.4 Å². The molecular formula is C9H16ClNO3. The van der Waals surface area contributed by atoms with Gasteiger partial charge in [-0.05, 0) is 27.7 Å². The Morgan fingerprint density at radius 1 is 1.43 bits per heavy atom. The zero-order valence-electron chi connectivity index (χ0n) is 8.89. The summed E-state index contributed by atoms with van der Waals surface area (Å²) in [7, 11) is 0. The van der Waals surface area contributed by atoms with Gasteiger partial charge >= 0.3 is 0 Å². The molecule has 82 valence electrons. The number of halogens is 1. The van der Waals surface area contributed by atoms with Crippen LogP contribution in [0.2, 0.25) is 0 Å². The molecule has 14 heavy (non-hydrogen) atoms. The van der Waals surface area contributed by atoms with Gasteiger partial charge < -0.3 is 0 Å². The van der Waals surface area contributed by atoms with Crippen molar-refractivity contribution in [2.24, 2.45) is 5.92 Å². The van der Waals surface area contributed by atoms with Crippen molar-refractivity contribution < 1.29 is 14.4 Å². The number of hydroxylamine groups is 1. The maximum absolute atomic E-state index is 11.3. The zero-order chi connectivity index (χ0) is 11.4. The molecule has 1 atom stereocenters. The van der Waals surface area contributed by atoms with Gasteiger partial charge in [-0.1, -0.05) is 0 Å². The fourth-order valence-corrected chi connectivity index (χ4v) is 0.785. The summed E-state index contributed by atoms with van der Waals surface area (Å²) in [4.78, 5) is 27.3. The van der Waals surface area contributed by atoms with E-state index in [1.54, 1.807) is 20.8 Å². The zero-order valence-corrected chi connectivity index (χ0v) is 9.64. The van der Waals surface area contributed by atoms with Crippen LogP contribution < -0.4 is 5.48 Å². The first kappa shape index (κ1) is 13.4. The van der Waals surface area contributed by atoms with E-state index in [2.05, 4.69) is 5.48 Å². The minimum atomic E-state index is -0.769. The van der Waals surface area contributed by atoms with Gasteiger partial charge in [-0.15, -0.1) is 11.6 Å². The van der Waals surface area contributed by atoms with Crippen LogP contribution in [0.3, 0.4) is 0 Å². The van der Waals surface area contributed by atoms with Crippen LogP contribution in [0.25, 0.3) is 0 Å². The third kappa shape index (κ3) is 5.19. The molecule has 0 aromatic carbocycles. The van der Waals surface area contributed by atoms with Crippen molar-refractivity contribution in [1.29, 1.82) is 0 Å². The van der Waals surface area contributed by atoms with Crippen LogP contribution in [-0.2, 0) is 14.4 Å². The number of hydrogen-bond acceptors (Lipinski definition) is 3. The molecule has 0 heterocycles. The minimum Gasteiger partial charge on any atom is -0.297 e. The summed E-state index contributed by atoms with van der Waals surface area (Å²) in [6, 6.07) is 0. The second kappa shape index (κ2) is 5.32. The Morgan fingerprint density at radius 2 is 1.93 bits per heavy atom. The van der Waals surface area contributed by atoms with E-state index in [0.717, 1.165) is 0 Å². The molecule has 0 saturated carbocycles. The molecule has 0 aromatic heterocycles. The van der Waals surface area contributed by atoms with Gasteiger partial charge in [0.15, 0.2) is 5.78 Å². The minimum absolute atomic E-state index is 0.163. The number of amides is 1. The number of ketones is 1. The van der Waals surface area contributed by atoms with E-state index in [4.69, 9.17) is 16.4 Å². The smallest absolute Gasteiger partial charge is 0.253 e. The van der Waals surface area contributed by atoms with Crippen LogP contribution in [0.5, 0.6) is 0 Å². The molecular weight excluding hydrogens is 206 g/mol. The predicted octanol–water partition coefficient (Wildman–Crippen LogP) is 1.28. The molecule has 1 N–H and O–H groups in total. The standard InChI is InChI=1S/C9H16ClNO3/c1-6(7(12)5-10)8(13)11-14-9(2,3)4/h6H,5H2,1-4H3,(H,11,13)/t6-/m0/s1. The highest BCUT2D eigenvalue weighted by molar-refractivity contribution is 6.29. The highest BCUT2D eigenvalue weighted by Crippen LogP contribution is 2.05.